The molecule has 1 unspecified atom stereocenters. The van der Waals surface area contributed by atoms with E-state index >= 15 is 0 Å². The molecule has 1 saturated carbocycles. The molecule has 2 heterocycles. The van der Waals surface area contributed by atoms with E-state index in [1.165, 1.54) is 0 Å². The van der Waals surface area contributed by atoms with Gasteiger partial charge in [-0.3, -0.25) is 14.5 Å². The molecule has 1 spiro atoms. The minimum Gasteiger partial charge on any atom is -0.379 e. The van der Waals surface area contributed by atoms with Crippen molar-refractivity contribution in [2.24, 2.45) is 5.41 Å². The highest BCUT2D eigenvalue weighted by molar-refractivity contribution is 6.09. The molecule has 4 rings (SSSR count). The molecule has 0 bridgehead atoms. The zero-order valence-corrected chi connectivity index (χ0v) is 16.3. The molecule has 7 nitrogen and oxygen atoms in total. The second-order valence-electron chi connectivity index (χ2n) is 8.39. The van der Waals surface area contributed by atoms with Gasteiger partial charge in [0.05, 0.1) is 13.2 Å². The minimum atomic E-state index is -1.15. The number of benzene rings is 1. The van der Waals surface area contributed by atoms with Gasteiger partial charge in [0.15, 0.2) is 0 Å². The molecule has 1 atom stereocenters. The van der Waals surface area contributed by atoms with Gasteiger partial charge in [0.2, 0.25) is 5.91 Å². The van der Waals surface area contributed by atoms with Crippen LogP contribution in [0.25, 0.3) is 0 Å². The lowest BCUT2D eigenvalue weighted by molar-refractivity contribution is -0.139. The lowest BCUT2D eigenvalue weighted by Gasteiger charge is -2.32. The van der Waals surface area contributed by atoms with Crippen molar-refractivity contribution in [3.8, 4) is 0 Å². The Morgan fingerprint density at radius 2 is 1.89 bits per heavy atom. The quantitative estimate of drug-likeness (QED) is 0.806. The number of carbonyl (C=O) groups excluding carboxylic acids is 3. The van der Waals surface area contributed by atoms with E-state index < -0.39 is 17.5 Å². The largest absolute Gasteiger partial charge is 0.379 e. The van der Waals surface area contributed by atoms with Gasteiger partial charge >= 0.3 is 6.03 Å². The first-order valence-electron chi connectivity index (χ1n) is 9.99. The summed E-state index contributed by atoms with van der Waals surface area (Å²) in [6, 6.07) is 8.60. The number of nitrogens with one attached hydrogen (secondary N) is 1. The van der Waals surface area contributed by atoms with Crippen LogP contribution in [0.1, 0.15) is 38.2 Å². The average Bonchev–Trinajstić information content (AvgIpc) is 3.15. The van der Waals surface area contributed by atoms with Crippen LogP contribution in [0.5, 0.6) is 0 Å². The van der Waals surface area contributed by atoms with Gasteiger partial charge in [-0.1, -0.05) is 43.2 Å². The average molecular weight is 385 g/mol. The van der Waals surface area contributed by atoms with Crippen LogP contribution in [0.2, 0.25) is 0 Å². The Morgan fingerprint density at radius 1 is 1.18 bits per heavy atom. The van der Waals surface area contributed by atoms with Crippen LogP contribution in [0.4, 0.5) is 4.79 Å². The number of nitrogens with zero attached hydrogens (tertiary/aromatic N) is 2. The smallest absolute Gasteiger partial charge is 0.325 e. The highest BCUT2D eigenvalue weighted by Gasteiger charge is 2.50. The SMILES string of the molecule is CC1(c2ccccc2)NC(=O)N(CC(=O)N2CCOCC3(CCCC3)C2)C1=O. The molecular formula is C21H27N3O4. The van der Waals surface area contributed by atoms with Crippen LogP contribution in [0.15, 0.2) is 30.3 Å². The molecule has 150 valence electrons. The fraction of sp³-hybridized carbons (Fsp3) is 0.571. The lowest BCUT2D eigenvalue weighted by atomic mass is 9.86. The molecule has 4 amide bonds. The first kappa shape index (κ1) is 18.9. The Kier molecular flexibility index (Phi) is 4.87. The van der Waals surface area contributed by atoms with Gasteiger partial charge in [0.1, 0.15) is 12.1 Å². The molecule has 1 aliphatic carbocycles. The van der Waals surface area contributed by atoms with Gasteiger partial charge < -0.3 is 15.0 Å². The third-order valence-corrected chi connectivity index (χ3v) is 6.38. The van der Waals surface area contributed by atoms with Gasteiger partial charge in [0, 0.05) is 18.5 Å². The van der Waals surface area contributed by atoms with E-state index in [0.29, 0.717) is 31.9 Å². The second kappa shape index (κ2) is 7.20. The molecule has 2 saturated heterocycles. The van der Waals surface area contributed by atoms with E-state index in [0.717, 1.165) is 30.6 Å². The van der Waals surface area contributed by atoms with Crippen molar-refractivity contribution in [2.75, 3.05) is 32.8 Å². The molecular weight excluding hydrogens is 358 g/mol. The summed E-state index contributed by atoms with van der Waals surface area (Å²) in [5, 5.41) is 2.76. The zero-order chi connectivity index (χ0) is 19.8. The maximum atomic E-state index is 13.0. The third kappa shape index (κ3) is 3.28. The van der Waals surface area contributed by atoms with Crippen molar-refractivity contribution in [1.82, 2.24) is 15.1 Å². The highest BCUT2D eigenvalue weighted by Crippen LogP contribution is 2.40. The molecule has 7 heteroatoms. The summed E-state index contributed by atoms with van der Waals surface area (Å²) in [6.07, 6.45) is 4.44. The van der Waals surface area contributed by atoms with Gasteiger partial charge in [0.25, 0.3) is 5.91 Å². The number of rotatable bonds is 3. The Balaban J connectivity index is 1.48. The summed E-state index contributed by atoms with van der Waals surface area (Å²) in [5.41, 5.74) is -0.411. The molecule has 1 aromatic rings. The summed E-state index contributed by atoms with van der Waals surface area (Å²) in [5.74, 6) is -0.587. The maximum Gasteiger partial charge on any atom is 0.325 e. The van der Waals surface area contributed by atoms with Crippen molar-refractivity contribution in [1.29, 1.82) is 0 Å². The molecule has 0 radical (unpaired) electrons. The summed E-state index contributed by atoms with van der Waals surface area (Å²) in [7, 11) is 0. The van der Waals surface area contributed by atoms with Crippen LogP contribution in [0.3, 0.4) is 0 Å². The topological polar surface area (TPSA) is 79.0 Å². The fourth-order valence-electron chi connectivity index (χ4n) is 4.68. The van der Waals surface area contributed by atoms with Crippen LogP contribution in [-0.2, 0) is 19.9 Å². The summed E-state index contributed by atoms with van der Waals surface area (Å²) < 4.78 is 5.76. The van der Waals surface area contributed by atoms with Gasteiger partial charge in [-0.2, -0.15) is 0 Å². The Morgan fingerprint density at radius 3 is 2.61 bits per heavy atom. The van der Waals surface area contributed by atoms with E-state index in [2.05, 4.69) is 5.32 Å². The fourth-order valence-corrected chi connectivity index (χ4v) is 4.68. The number of urea groups is 1. The minimum absolute atomic E-state index is 0.0298. The zero-order valence-electron chi connectivity index (χ0n) is 16.3. The first-order valence-corrected chi connectivity index (χ1v) is 9.99. The highest BCUT2D eigenvalue weighted by atomic mass is 16.5. The molecule has 1 N–H and O–H groups in total. The number of ether oxygens (including phenoxy) is 1. The number of hydrogen-bond acceptors (Lipinski definition) is 4. The molecule has 3 aliphatic rings. The molecule has 1 aromatic carbocycles. The van der Waals surface area contributed by atoms with E-state index in [1.54, 1.807) is 24.0 Å². The standard InChI is InChI=1S/C21H27N3O4/c1-20(16-7-3-2-4-8-16)18(26)24(19(27)22-20)13-17(25)23-11-12-28-15-21(14-23)9-5-6-10-21/h2-4,7-8H,5-6,9-15H2,1H3,(H,22,27). The summed E-state index contributed by atoms with van der Waals surface area (Å²) >= 11 is 0. The normalized spacial score (nSPS) is 27.2. The first-order chi connectivity index (χ1) is 13.4. The van der Waals surface area contributed by atoms with Crippen molar-refractivity contribution in [3.63, 3.8) is 0 Å². The van der Waals surface area contributed by atoms with Gasteiger partial charge in [-0.25, -0.2) is 4.79 Å². The maximum absolute atomic E-state index is 13.0. The number of amides is 4. The van der Waals surface area contributed by atoms with Crippen LogP contribution in [-0.4, -0.2) is 60.5 Å². The van der Waals surface area contributed by atoms with E-state index in [-0.39, 0.29) is 17.9 Å². The molecule has 0 aromatic heterocycles. The Bertz CT molecular complexity index is 775. The summed E-state index contributed by atoms with van der Waals surface area (Å²) in [6.45, 7) is 3.77. The van der Waals surface area contributed by atoms with Crippen molar-refractivity contribution >= 4 is 17.8 Å². The predicted octanol–water partition coefficient (Wildman–Crippen LogP) is 1.87. The molecule has 3 fully saturated rings. The van der Waals surface area contributed by atoms with Gasteiger partial charge in [-0.15, -0.1) is 0 Å². The van der Waals surface area contributed by atoms with Crippen LogP contribution in [0, 0.1) is 5.41 Å². The van der Waals surface area contributed by atoms with Crippen molar-refractivity contribution < 1.29 is 19.1 Å². The van der Waals surface area contributed by atoms with Crippen LogP contribution < -0.4 is 5.32 Å². The predicted molar refractivity (Wildman–Crippen MR) is 102 cm³/mol. The second-order valence-corrected chi connectivity index (χ2v) is 8.39. The number of hydrogen-bond donors (Lipinski definition) is 1. The van der Waals surface area contributed by atoms with E-state index in [4.69, 9.17) is 4.74 Å². The van der Waals surface area contributed by atoms with Crippen LogP contribution >= 0.6 is 0 Å². The number of carbonyl (C=O) groups is 3. The van der Waals surface area contributed by atoms with Crippen molar-refractivity contribution in [3.05, 3.63) is 35.9 Å². The van der Waals surface area contributed by atoms with Crippen molar-refractivity contribution in [2.45, 2.75) is 38.1 Å². The summed E-state index contributed by atoms with van der Waals surface area (Å²) in [4.78, 5) is 41.3. The Hall–Kier alpha value is -2.41. The lowest BCUT2D eigenvalue weighted by Crippen LogP contribution is -2.47. The Labute approximate surface area is 165 Å². The van der Waals surface area contributed by atoms with E-state index in [1.807, 2.05) is 18.2 Å². The monoisotopic (exact) mass is 385 g/mol. The van der Waals surface area contributed by atoms with Gasteiger partial charge in [-0.05, 0) is 25.3 Å². The molecule has 28 heavy (non-hydrogen) atoms. The van der Waals surface area contributed by atoms with E-state index in [9.17, 15) is 14.4 Å². The number of imide groups is 1. The molecule has 2 aliphatic heterocycles. The third-order valence-electron chi connectivity index (χ3n) is 6.38.